The summed E-state index contributed by atoms with van der Waals surface area (Å²) in [4.78, 5) is 0. The molecular formula is C28H46F2O2. The van der Waals surface area contributed by atoms with Crippen molar-refractivity contribution in [2.75, 3.05) is 0 Å². The Balaban J connectivity index is 1.20. The van der Waals surface area contributed by atoms with E-state index in [0.29, 0.717) is 17.3 Å². The van der Waals surface area contributed by atoms with E-state index < -0.39 is 11.5 Å². The van der Waals surface area contributed by atoms with Gasteiger partial charge in [0.15, 0.2) is 0 Å². The molecule has 0 saturated heterocycles. The highest BCUT2D eigenvalue weighted by molar-refractivity contribution is 5.09. The fourth-order valence-corrected chi connectivity index (χ4v) is 9.83. The zero-order valence-electron chi connectivity index (χ0n) is 20.4. The fourth-order valence-electron chi connectivity index (χ4n) is 9.83. The molecule has 0 aromatic rings. The van der Waals surface area contributed by atoms with E-state index in [1.807, 2.05) is 0 Å². The molecule has 0 aromatic heterocycles. The number of hydrogen-bond donors (Lipinski definition) is 2. The molecule has 5 fully saturated rings. The molecule has 0 heterocycles. The second kappa shape index (κ2) is 8.18. The third-order valence-electron chi connectivity index (χ3n) is 11.9. The Morgan fingerprint density at radius 2 is 1.47 bits per heavy atom. The van der Waals surface area contributed by atoms with Gasteiger partial charge in [-0.25, -0.2) is 8.78 Å². The maximum atomic E-state index is 13.5. The average molecular weight is 453 g/mol. The number of fused-ring (bicyclic) bond motifs is 5. The van der Waals surface area contributed by atoms with Crippen LogP contribution >= 0.6 is 0 Å². The van der Waals surface area contributed by atoms with Gasteiger partial charge in [0.2, 0.25) is 5.92 Å². The van der Waals surface area contributed by atoms with Gasteiger partial charge in [-0.3, -0.25) is 0 Å². The van der Waals surface area contributed by atoms with E-state index in [2.05, 4.69) is 13.8 Å². The maximum Gasteiger partial charge on any atom is 0.248 e. The van der Waals surface area contributed by atoms with Crippen LogP contribution in [0.1, 0.15) is 117 Å². The summed E-state index contributed by atoms with van der Waals surface area (Å²) in [5.41, 5.74) is 0.0193. The van der Waals surface area contributed by atoms with Gasteiger partial charge in [-0.15, -0.1) is 0 Å². The van der Waals surface area contributed by atoms with Gasteiger partial charge in [0, 0.05) is 12.8 Å². The predicted molar refractivity (Wildman–Crippen MR) is 123 cm³/mol. The largest absolute Gasteiger partial charge is 0.393 e. The van der Waals surface area contributed by atoms with E-state index in [-0.39, 0.29) is 31.8 Å². The van der Waals surface area contributed by atoms with Gasteiger partial charge in [0.05, 0.1) is 11.7 Å². The van der Waals surface area contributed by atoms with Crippen molar-refractivity contribution in [3.05, 3.63) is 0 Å². The minimum Gasteiger partial charge on any atom is -0.393 e. The smallest absolute Gasteiger partial charge is 0.248 e. The van der Waals surface area contributed by atoms with Crippen LogP contribution in [0.2, 0.25) is 0 Å². The Morgan fingerprint density at radius 3 is 2.22 bits per heavy atom. The van der Waals surface area contributed by atoms with Gasteiger partial charge in [0.25, 0.3) is 0 Å². The third kappa shape index (κ3) is 3.97. The van der Waals surface area contributed by atoms with Crippen LogP contribution in [0.3, 0.4) is 0 Å². The van der Waals surface area contributed by atoms with Gasteiger partial charge in [-0.2, -0.15) is 0 Å². The van der Waals surface area contributed by atoms with Crippen LogP contribution in [0.15, 0.2) is 0 Å². The molecule has 0 bridgehead atoms. The van der Waals surface area contributed by atoms with Crippen LogP contribution in [0.4, 0.5) is 8.78 Å². The highest BCUT2D eigenvalue weighted by Gasteiger charge is 2.59. The van der Waals surface area contributed by atoms with E-state index >= 15 is 0 Å². The molecule has 8 atom stereocenters. The number of aliphatic hydroxyl groups excluding tert-OH is 1. The lowest BCUT2D eigenvalue weighted by atomic mass is 9.44. The van der Waals surface area contributed by atoms with Crippen molar-refractivity contribution in [1.82, 2.24) is 0 Å². The van der Waals surface area contributed by atoms with Gasteiger partial charge in [0.1, 0.15) is 0 Å². The quantitative estimate of drug-likeness (QED) is 0.477. The summed E-state index contributed by atoms with van der Waals surface area (Å²) in [6.45, 7) is 5.13. The number of halogens is 2. The molecule has 7 unspecified atom stereocenters. The first-order chi connectivity index (χ1) is 15.0. The van der Waals surface area contributed by atoms with Gasteiger partial charge in [-0.05, 0) is 124 Å². The van der Waals surface area contributed by atoms with E-state index in [0.717, 1.165) is 55.3 Å². The van der Waals surface area contributed by atoms with E-state index in [4.69, 9.17) is 0 Å². The van der Waals surface area contributed by atoms with Gasteiger partial charge in [-0.1, -0.05) is 20.3 Å². The molecule has 2 N–H and O–H groups in total. The first-order valence-corrected chi connectivity index (χ1v) is 13.8. The van der Waals surface area contributed by atoms with Crippen LogP contribution in [0, 0.1) is 40.4 Å². The SMILES string of the molecule is CC12CCC(O)CC1CCC1C2CCC2(C)C1CC[C@@H]2CCCC1(O)CCC(F)(F)CC1. The zero-order valence-corrected chi connectivity index (χ0v) is 20.4. The molecule has 5 rings (SSSR count). The first-order valence-electron chi connectivity index (χ1n) is 13.8. The lowest BCUT2D eigenvalue weighted by Crippen LogP contribution is -2.53. The molecular weight excluding hydrogens is 406 g/mol. The topological polar surface area (TPSA) is 40.5 Å². The Hall–Kier alpha value is -0.220. The molecule has 0 radical (unpaired) electrons. The van der Waals surface area contributed by atoms with Crippen LogP contribution in [0.25, 0.3) is 0 Å². The summed E-state index contributed by atoms with van der Waals surface area (Å²) >= 11 is 0. The number of rotatable bonds is 4. The van der Waals surface area contributed by atoms with Gasteiger partial charge < -0.3 is 10.2 Å². The molecule has 0 aromatic carbocycles. The lowest BCUT2D eigenvalue weighted by molar-refractivity contribution is -0.127. The Labute approximate surface area is 193 Å². The molecule has 5 aliphatic carbocycles. The standard InChI is InChI=1S/C28H46F2O2/c1-25-13-10-24-22(7-5-20-18-21(31)9-12-26(20,24)2)23(25)8-6-19(25)4-3-11-27(32)14-16-28(29,30)17-15-27/h19-24,31-32H,3-18H2,1-2H3/t19-,20?,21?,22?,23?,24?,25?,26?/m0/s1. The molecule has 0 spiro atoms. The minimum absolute atomic E-state index is 0.0699. The normalized spacial score (nSPS) is 49.7. The van der Waals surface area contributed by atoms with Crippen molar-refractivity contribution in [3.63, 3.8) is 0 Å². The summed E-state index contributed by atoms with van der Waals surface area (Å²) in [6.07, 6.45) is 14.3. The molecule has 32 heavy (non-hydrogen) atoms. The van der Waals surface area contributed by atoms with Crippen molar-refractivity contribution >= 4 is 0 Å². The Kier molecular flexibility index (Phi) is 6.01. The summed E-state index contributed by atoms with van der Waals surface area (Å²) in [5, 5.41) is 21.1. The zero-order chi connectivity index (χ0) is 22.8. The molecule has 2 nitrogen and oxygen atoms in total. The summed E-state index contributed by atoms with van der Waals surface area (Å²) < 4.78 is 27.0. The number of hydrogen-bond acceptors (Lipinski definition) is 2. The number of aliphatic hydroxyl groups is 2. The monoisotopic (exact) mass is 452 g/mol. The minimum atomic E-state index is -2.57. The van der Waals surface area contributed by atoms with Crippen molar-refractivity contribution in [2.24, 2.45) is 40.4 Å². The molecule has 0 aliphatic heterocycles. The van der Waals surface area contributed by atoms with Crippen molar-refractivity contribution in [2.45, 2.75) is 134 Å². The van der Waals surface area contributed by atoms with Crippen molar-refractivity contribution in [1.29, 1.82) is 0 Å². The van der Waals surface area contributed by atoms with E-state index in [9.17, 15) is 19.0 Å². The molecule has 4 heteroatoms. The maximum absolute atomic E-state index is 13.5. The second-order valence-electron chi connectivity index (χ2n) is 13.4. The average Bonchev–Trinajstić information content (AvgIpc) is 3.08. The number of alkyl halides is 2. The first kappa shape index (κ1) is 23.5. The van der Waals surface area contributed by atoms with Crippen molar-refractivity contribution < 1.29 is 19.0 Å². The van der Waals surface area contributed by atoms with E-state index in [1.54, 1.807) is 0 Å². The highest BCUT2D eigenvalue weighted by atomic mass is 19.3. The van der Waals surface area contributed by atoms with Crippen LogP contribution < -0.4 is 0 Å². The van der Waals surface area contributed by atoms with Gasteiger partial charge >= 0.3 is 0 Å². The summed E-state index contributed by atoms with van der Waals surface area (Å²) in [7, 11) is 0. The third-order valence-corrected chi connectivity index (χ3v) is 11.9. The van der Waals surface area contributed by atoms with E-state index in [1.165, 1.54) is 44.9 Å². The molecule has 5 saturated carbocycles. The Bertz CT molecular complexity index is 685. The Morgan fingerprint density at radius 1 is 0.781 bits per heavy atom. The summed E-state index contributed by atoms with van der Waals surface area (Å²) in [5.74, 6) is 1.43. The second-order valence-corrected chi connectivity index (χ2v) is 13.4. The summed E-state index contributed by atoms with van der Waals surface area (Å²) in [6, 6.07) is 0. The fraction of sp³-hybridized carbons (Fsp3) is 1.00. The lowest BCUT2D eigenvalue weighted by Gasteiger charge is -2.61. The van der Waals surface area contributed by atoms with Crippen LogP contribution in [0.5, 0.6) is 0 Å². The van der Waals surface area contributed by atoms with Crippen LogP contribution in [-0.4, -0.2) is 27.8 Å². The molecule has 184 valence electrons. The van der Waals surface area contributed by atoms with Crippen molar-refractivity contribution in [3.8, 4) is 0 Å². The molecule has 5 aliphatic rings. The molecule has 0 amide bonds. The highest BCUT2D eigenvalue weighted by Crippen LogP contribution is 2.68. The van der Waals surface area contributed by atoms with Crippen LogP contribution in [-0.2, 0) is 0 Å². The predicted octanol–water partition coefficient (Wildman–Crippen LogP) is 7.12.